The minimum absolute atomic E-state index is 0.0450. The van der Waals surface area contributed by atoms with Crippen LogP contribution in [0.4, 0.5) is 4.39 Å². The lowest BCUT2D eigenvalue weighted by atomic mass is 9.95. The van der Waals surface area contributed by atoms with E-state index in [1.807, 2.05) is 42.5 Å². The van der Waals surface area contributed by atoms with Crippen LogP contribution in [0.1, 0.15) is 60.6 Å². The molecular weight excluding hydrogens is 435 g/mol. The minimum Gasteiger partial charge on any atom is -0.343 e. The van der Waals surface area contributed by atoms with Crippen LogP contribution in [0.2, 0.25) is 0 Å². The molecule has 1 fully saturated rings. The van der Waals surface area contributed by atoms with Crippen LogP contribution in [0.3, 0.4) is 0 Å². The number of halogens is 1. The van der Waals surface area contributed by atoms with Gasteiger partial charge in [-0.2, -0.15) is 4.98 Å². The maximum Gasteiger partial charge on any atom is 0.243 e. The molecule has 0 unspecified atom stereocenters. The zero-order valence-electron chi connectivity index (χ0n) is 19.6. The molecule has 2 aromatic carbocycles. The third-order valence-corrected chi connectivity index (χ3v) is 6.11. The van der Waals surface area contributed by atoms with Crippen LogP contribution in [0.25, 0.3) is 0 Å². The summed E-state index contributed by atoms with van der Waals surface area (Å²) in [5, 5.41) is 6.80. The van der Waals surface area contributed by atoms with Crippen molar-refractivity contribution in [1.82, 2.24) is 20.4 Å². The summed E-state index contributed by atoms with van der Waals surface area (Å²) in [7, 11) is 0. The Labute approximate surface area is 198 Å². The highest BCUT2D eigenvalue weighted by molar-refractivity contribution is 5.89. The Morgan fingerprint density at radius 1 is 1.09 bits per heavy atom. The maximum atomic E-state index is 14.4. The second kappa shape index (κ2) is 10.2. The highest BCUT2D eigenvalue weighted by atomic mass is 19.1. The number of carbonyl (C=O) groups excluding carboxylic acids is 2. The first kappa shape index (κ1) is 23.6. The first-order valence-corrected chi connectivity index (χ1v) is 11.5. The molecule has 34 heavy (non-hydrogen) atoms. The van der Waals surface area contributed by atoms with Crippen LogP contribution in [0.15, 0.2) is 59.1 Å². The number of carbonyl (C=O) groups is 2. The first-order chi connectivity index (χ1) is 16.3. The number of hydrogen-bond acceptors (Lipinski definition) is 5. The second-order valence-corrected chi connectivity index (χ2v) is 8.97. The number of amides is 2. The van der Waals surface area contributed by atoms with Gasteiger partial charge in [0.2, 0.25) is 17.7 Å². The van der Waals surface area contributed by atoms with Crippen LogP contribution >= 0.6 is 0 Å². The molecule has 7 nitrogen and oxygen atoms in total. The number of likely N-dealkylation sites (tertiary alicyclic amines) is 1. The van der Waals surface area contributed by atoms with Gasteiger partial charge in [-0.25, -0.2) is 4.39 Å². The van der Waals surface area contributed by atoms with E-state index in [2.05, 4.69) is 41.4 Å². The van der Waals surface area contributed by atoms with Gasteiger partial charge in [0.1, 0.15) is 12.2 Å². The lowest BCUT2D eigenvalue weighted by molar-refractivity contribution is -0.138. The van der Waals surface area contributed by atoms with Crippen molar-refractivity contribution in [2.24, 2.45) is 0 Å². The average Bonchev–Trinajstić information content (AvgIpc) is 3.43. The molecule has 2 heterocycles. The van der Waals surface area contributed by atoms with Crippen LogP contribution in [-0.2, 0) is 16.0 Å². The molecule has 0 radical (unpaired) electrons. The van der Waals surface area contributed by atoms with E-state index in [1.54, 1.807) is 6.92 Å². The summed E-state index contributed by atoms with van der Waals surface area (Å²) < 4.78 is 19.3. The highest BCUT2D eigenvalue weighted by Crippen LogP contribution is 2.27. The monoisotopic (exact) mass is 464 g/mol. The Hall–Kier alpha value is -3.55. The number of aryl methyl sites for hydroxylation is 1. The number of hydrogen-bond donors (Lipinski definition) is 1. The Morgan fingerprint density at radius 2 is 1.74 bits per heavy atom. The molecule has 3 aromatic rings. The third-order valence-electron chi connectivity index (χ3n) is 6.11. The fraction of sp³-hybridized carbons (Fsp3) is 0.385. The fourth-order valence-electron chi connectivity index (χ4n) is 4.28. The molecule has 8 heteroatoms. The number of alkyl halides is 1. The van der Waals surface area contributed by atoms with Crippen molar-refractivity contribution in [3.63, 3.8) is 0 Å². The molecule has 1 N–H and O–H groups in total. The van der Waals surface area contributed by atoms with Crippen LogP contribution < -0.4 is 5.32 Å². The van der Waals surface area contributed by atoms with Crippen LogP contribution in [0.5, 0.6) is 0 Å². The zero-order chi connectivity index (χ0) is 24.2. The number of benzene rings is 2. The molecule has 0 saturated carbocycles. The van der Waals surface area contributed by atoms with Crippen molar-refractivity contribution in [2.75, 3.05) is 6.54 Å². The van der Waals surface area contributed by atoms with Crippen molar-refractivity contribution in [3.05, 3.63) is 83.0 Å². The average molecular weight is 465 g/mol. The largest absolute Gasteiger partial charge is 0.343 e. The molecular formula is C26H29FN4O3. The Morgan fingerprint density at radius 3 is 2.35 bits per heavy atom. The zero-order valence-corrected chi connectivity index (χ0v) is 19.6. The van der Waals surface area contributed by atoms with Gasteiger partial charge >= 0.3 is 0 Å². The van der Waals surface area contributed by atoms with Gasteiger partial charge in [-0.3, -0.25) is 9.59 Å². The van der Waals surface area contributed by atoms with E-state index < -0.39 is 24.2 Å². The van der Waals surface area contributed by atoms with Gasteiger partial charge in [0.15, 0.2) is 5.82 Å². The highest BCUT2D eigenvalue weighted by Gasteiger charge is 2.40. The van der Waals surface area contributed by atoms with E-state index >= 15 is 0 Å². The van der Waals surface area contributed by atoms with E-state index in [4.69, 9.17) is 4.52 Å². The predicted octanol–water partition coefficient (Wildman–Crippen LogP) is 3.89. The molecule has 1 aromatic heterocycles. The summed E-state index contributed by atoms with van der Waals surface area (Å²) in [6.07, 6.45) is -1.46. The molecule has 178 valence electrons. The van der Waals surface area contributed by atoms with E-state index in [0.717, 1.165) is 11.1 Å². The smallest absolute Gasteiger partial charge is 0.243 e. The van der Waals surface area contributed by atoms with Crippen molar-refractivity contribution >= 4 is 11.8 Å². The topological polar surface area (TPSA) is 88.3 Å². The van der Waals surface area contributed by atoms with Gasteiger partial charge in [0.05, 0.1) is 19.0 Å². The normalized spacial score (nSPS) is 18.8. The van der Waals surface area contributed by atoms with Crippen LogP contribution in [0, 0.1) is 6.92 Å². The van der Waals surface area contributed by atoms with E-state index in [0.29, 0.717) is 11.8 Å². The SMILES string of the molecule is Cc1nc(CC(=O)N2C[C@H](F)C[C@H]2C(=O)N[C@@H](c2ccccc2)c2ccc(C(C)C)cc2)no1. The van der Waals surface area contributed by atoms with Crippen molar-refractivity contribution in [3.8, 4) is 0 Å². The van der Waals surface area contributed by atoms with Gasteiger partial charge in [-0.05, 0) is 22.6 Å². The van der Waals surface area contributed by atoms with E-state index in [1.165, 1.54) is 10.5 Å². The van der Waals surface area contributed by atoms with Gasteiger partial charge in [0, 0.05) is 13.3 Å². The molecule has 2 amide bonds. The molecule has 0 aliphatic carbocycles. The van der Waals surface area contributed by atoms with Crippen molar-refractivity contribution < 1.29 is 18.5 Å². The quantitative estimate of drug-likeness (QED) is 0.573. The van der Waals surface area contributed by atoms with Gasteiger partial charge in [0.25, 0.3) is 0 Å². The number of rotatable bonds is 7. The molecule has 1 aliphatic rings. The Kier molecular flexibility index (Phi) is 7.05. The molecule has 0 bridgehead atoms. The molecule has 1 saturated heterocycles. The van der Waals surface area contributed by atoms with Crippen molar-refractivity contribution in [2.45, 2.75) is 57.8 Å². The molecule has 4 rings (SSSR count). The van der Waals surface area contributed by atoms with Crippen LogP contribution in [-0.4, -0.2) is 45.6 Å². The molecule has 3 atom stereocenters. The predicted molar refractivity (Wildman–Crippen MR) is 125 cm³/mol. The van der Waals surface area contributed by atoms with E-state index in [9.17, 15) is 14.0 Å². The summed E-state index contributed by atoms with van der Waals surface area (Å²) in [4.78, 5) is 31.6. The fourth-order valence-corrected chi connectivity index (χ4v) is 4.28. The molecule has 1 aliphatic heterocycles. The first-order valence-electron chi connectivity index (χ1n) is 11.5. The van der Waals surface area contributed by atoms with Gasteiger partial charge in [-0.1, -0.05) is 73.6 Å². The molecule has 0 spiro atoms. The van der Waals surface area contributed by atoms with E-state index in [-0.39, 0.29) is 31.1 Å². The summed E-state index contributed by atoms with van der Waals surface area (Å²) in [5.41, 5.74) is 3.02. The summed E-state index contributed by atoms with van der Waals surface area (Å²) in [6, 6.07) is 16.4. The summed E-state index contributed by atoms with van der Waals surface area (Å²) in [5.74, 6) is 0.159. The number of aromatic nitrogens is 2. The number of nitrogens with zero attached hydrogens (tertiary/aromatic N) is 3. The summed E-state index contributed by atoms with van der Waals surface area (Å²) in [6.45, 7) is 5.75. The van der Waals surface area contributed by atoms with Gasteiger partial charge < -0.3 is 14.7 Å². The third kappa shape index (κ3) is 5.32. The summed E-state index contributed by atoms with van der Waals surface area (Å²) >= 11 is 0. The Balaban J connectivity index is 1.55. The lowest BCUT2D eigenvalue weighted by Gasteiger charge is -2.27. The second-order valence-electron chi connectivity index (χ2n) is 8.97. The number of nitrogens with one attached hydrogen (secondary N) is 1. The van der Waals surface area contributed by atoms with Gasteiger partial charge in [-0.15, -0.1) is 0 Å². The minimum atomic E-state index is -1.27. The maximum absolute atomic E-state index is 14.4. The lowest BCUT2D eigenvalue weighted by Crippen LogP contribution is -2.47. The Bertz CT molecular complexity index is 1130. The standard InChI is InChI=1S/C26H29FN4O3/c1-16(2)18-9-11-20(12-10-18)25(19-7-5-4-6-8-19)29-26(33)22-13-21(27)15-31(22)24(32)14-23-28-17(3)34-30-23/h4-12,16,21-22,25H,13-15H2,1-3H3,(H,29,33)/t21-,22+,25+/m1/s1. The van der Waals surface area contributed by atoms with Crippen molar-refractivity contribution in [1.29, 1.82) is 0 Å².